The van der Waals surface area contributed by atoms with E-state index in [1.54, 1.807) is 0 Å². The standard InChI is InChI=1S/C19H29N3O/c1-21-13-14-22(18(15-21)16-7-3-2-4-8-16)12-6-11-20-19(23)17-9-5-10-17/h2-4,7-8,17-18H,5-6,9-15H2,1H3,(H,20,23)/t18-/m0/s1. The van der Waals surface area contributed by atoms with Crippen molar-refractivity contribution in [3.8, 4) is 0 Å². The largest absolute Gasteiger partial charge is 0.356 e. The van der Waals surface area contributed by atoms with Gasteiger partial charge in [-0.05, 0) is 31.9 Å². The Balaban J connectivity index is 1.47. The van der Waals surface area contributed by atoms with Crippen molar-refractivity contribution in [3.05, 3.63) is 35.9 Å². The summed E-state index contributed by atoms with van der Waals surface area (Å²) in [4.78, 5) is 16.9. The van der Waals surface area contributed by atoms with Crippen LogP contribution < -0.4 is 5.32 Å². The molecule has 1 aliphatic heterocycles. The van der Waals surface area contributed by atoms with Crippen molar-refractivity contribution < 1.29 is 4.79 Å². The summed E-state index contributed by atoms with van der Waals surface area (Å²) < 4.78 is 0. The van der Waals surface area contributed by atoms with E-state index in [4.69, 9.17) is 0 Å². The van der Waals surface area contributed by atoms with Crippen molar-refractivity contribution in [2.24, 2.45) is 5.92 Å². The Hall–Kier alpha value is -1.39. The van der Waals surface area contributed by atoms with Gasteiger partial charge in [-0.15, -0.1) is 0 Å². The van der Waals surface area contributed by atoms with E-state index in [-0.39, 0.29) is 5.91 Å². The van der Waals surface area contributed by atoms with Crippen LogP contribution >= 0.6 is 0 Å². The first-order valence-corrected chi connectivity index (χ1v) is 8.99. The molecule has 1 heterocycles. The van der Waals surface area contributed by atoms with Gasteiger partial charge in [0.25, 0.3) is 0 Å². The highest BCUT2D eigenvalue weighted by Crippen LogP contribution is 2.26. The van der Waals surface area contributed by atoms with E-state index in [2.05, 4.69) is 52.5 Å². The number of likely N-dealkylation sites (N-methyl/N-ethyl adjacent to an activating group) is 1. The smallest absolute Gasteiger partial charge is 0.223 e. The summed E-state index contributed by atoms with van der Waals surface area (Å²) in [7, 11) is 2.20. The summed E-state index contributed by atoms with van der Waals surface area (Å²) in [6.07, 6.45) is 4.42. The summed E-state index contributed by atoms with van der Waals surface area (Å²) in [5.74, 6) is 0.574. The summed E-state index contributed by atoms with van der Waals surface area (Å²) in [6.45, 7) is 5.17. The van der Waals surface area contributed by atoms with Crippen LogP contribution in [-0.2, 0) is 4.79 Å². The van der Waals surface area contributed by atoms with Crippen LogP contribution in [0.5, 0.6) is 0 Å². The lowest BCUT2D eigenvalue weighted by atomic mass is 9.85. The van der Waals surface area contributed by atoms with Gasteiger partial charge < -0.3 is 10.2 Å². The second-order valence-electron chi connectivity index (χ2n) is 7.00. The third-order valence-corrected chi connectivity index (χ3v) is 5.28. The van der Waals surface area contributed by atoms with Crippen molar-refractivity contribution in [2.75, 3.05) is 39.8 Å². The van der Waals surface area contributed by atoms with Crippen LogP contribution in [0, 0.1) is 5.92 Å². The van der Waals surface area contributed by atoms with Gasteiger partial charge in [0.2, 0.25) is 5.91 Å². The maximum Gasteiger partial charge on any atom is 0.223 e. The Labute approximate surface area is 139 Å². The van der Waals surface area contributed by atoms with Crippen LogP contribution in [0.25, 0.3) is 0 Å². The molecule has 1 aromatic carbocycles. The Morgan fingerprint density at radius 2 is 2.00 bits per heavy atom. The van der Waals surface area contributed by atoms with Crippen molar-refractivity contribution in [1.29, 1.82) is 0 Å². The molecular formula is C19H29N3O. The first kappa shape index (κ1) is 16.5. The highest BCUT2D eigenvalue weighted by atomic mass is 16.1. The summed E-state index contributed by atoms with van der Waals surface area (Å²) in [5.41, 5.74) is 1.40. The molecule has 1 atom stereocenters. The number of carbonyl (C=O) groups is 1. The van der Waals surface area contributed by atoms with Crippen molar-refractivity contribution >= 4 is 5.91 Å². The molecular weight excluding hydrogens is 286 g/mol. The lowest BCUT2D eigenvalue weighted by molar-refractivity contribution is -0.127. The quantitative estimate of drug-likeness (QED) is 0.818. The molecule has 0 spiro atoms. The molecule has 4 heteroatoms. The van der Waals surface area contributed by atoms with E-state index in [0.29, 0.717) is 12.0 Å². The number of piperazine rings is 1. The zero-order valence-electron chi connectivity index (χ0n) is 14.2. The molecule has 1 aromatic rings. The molecule has 23 heavy (non-hydrogen) atoms. The SMILES string of the molecule is CN1CCN(CCCNC(=O)C2CCC2)[C@H](c2ccccc2)C1. The van der Waals surface area contributed by atoms with Crippen LogP contribution in [0.1, 0.15) is 37.3 Å². The zero-order valence-corrected chi connectivity index (χ0v) is 14.2. The van der Waals surface area contributed by atoms with E-state index in [9.17, 15) is 4.79 Å². The minimum atomic E-state index is 0.272. The fraction of sp³-hybridized carbons (Fsp3) is 0.632. The molecule has 0 aromatic heterocycles. The lowest BCUT2D eigenvalue weighted by Gasteiger charge is -2.40. The average Bonchev–Trinajstić information content (AvgIpc) is 2.52. The first-order valence-electron chi connectivity index (χ1n) is 8.99. The molecule has 1 amide bonds. The van der Waals surface area contributed by atoms with Gasteiger partial charge in [0, 0.05) is 44.7 Å². The highest BCUT2D eigenvalue weighted by Gasteiger charge is 2.27. The summed E-state index contributed by atoms with van der Waals surface area (Å²) in [6, 6.07) is 11.3. The molecule has 1 N–H and O–H groups in total. The van der Waals surface area contributed by atoms with E-state index in [1.165, 1.54) is 12.0 Å². The number of hydrogen-bond donors (Lipinski definition) is 1. The Morgan fingerprint density at radius 1 is 1.22 bits per heavy atom. The maximum absolute atomic E-state index is 11.9. The number of nitrogens with zero attached hydrogens (tertiary/aromatic N) is 2. The molecule has 1 aliphatic carbocycles. The van der Waals surface area contributed by atoms with Crippen LogP contribution in [0.2, 0.25) is 0 Å². The third-order valence-electron chi connectivity index (χ3n) is 5.28. The highest BCUT2D eigenvalue weighted by molar-refractivity contribution is 5.79. The van der Waals surface area contributed by atoms with E-state index < -0.39 is 0 Å². The summed E-state index contributed by atoms with van der Waals surface area (Å²) >= 11 is 0. The predicted octanol–water partition coefficient (Wildman–Crippen LogP) is 2.28. The van der Waals surface area contributed by atoms with Crippen molar-refractivity contribution in [1.82, 2.24) is 15.1 Å². The normalized spacial score (nSPS) is 23.4. The van der Waals surface area contributed by atoms with Gasteiger partial charge in [-0.3, -0.25) is 9.69 Å². The first-order chi connectivity index (χ1) is 11.2. The second-order valence-corrected chi connectivity index (χ2v) is 7.00. The molecule has 2 fully saturated rings. The second kappa shape index (κ2) is 7.93. The van der Waals surface area contributed by atoms with Gasteiger partial charge in [0.1, 0.15) is 0 Å². The Bertz CT molecular complexity index is 501. The van der Waals surface area contributed by atoms with Crippen molar-refractivity contribution in [3.63, 3.8) is 0 Å². The molecule has 0 unspecified atom stereocenters. The monoisotopic (exact) mass is 315 g/mol. The topological polar surface area (TPSA) is 35.6 Å². The molecule has 4 nitrogen and oxygen atoms in total. The fourth-order valence-electron chi connectivity index (χ4n) is 3.52. The van der Waals surface area contributed by atoms with Gasteiger partial charge in [0.15, 0.2) is 0 Å². The summed E-state index contributed by atoms with van der Waals surface area (Å²) in [5, 5.41) is 3.11. The van der Waals surface area contributed by atoms with Crippen LogP contribution in [0.4, 0.5) is 0 Å². The fourth-order valence-corrected chi connectivity index (χ4v) is 3.52. The number of amides is 1. The van der Waals surface area contributed by atoms with Crippen LogP contribution in [0.3, 0.4) is 0 Å². The van der Waals surface area contributed by atoms with Crippen molar-refractivity contribution in [2.45, 2.75) is 31.7 Å². The van der Waals surface area contributed by atoms with Gasteiger partial charge in [-0.1, -0.05) is 36.8 Å². The molecule has 0 radical (unpaired) electrons. The number of nitrogens with one attached hydrogen (secondary N) is 1. The average molecular weight is 315 g/mol. The van der Waals surface area contributed by atoms with Gasteiger partial charge in [0.05, 0.1) is 0 Å². The third kappa shape index (κ3) is 4.33. The van der Waals surface area contributed by atoms with Crippen LogP contribution in [0.15, 0.2) is 30.3 Å². The molecule has 126 valence electrons. The van der Waals surface area contributed by atoms with Gasteiger partial charge in [-0.25, -0.2) is 0 Å². The minimum absolute atomic E-state index is 0.272. The molecule has 2 aliphatic rings. The van der Waals surface area contributed by atoms with E-state index >= 15 is 0 Å². The lowest BCUT2D eigenvalue weighted by Crippen LogP contribution is -2.47. The number of carbonyl (C=O) groups excluding carboxylic acids is 1. The number of benzene rings is 1. The molecule has 1 saturated carbocycles. The van der Waals surface area contributed by atoms with E-state index in [1.807, 2.05) is 0 Å². The van der Waals surface area contributed by atoms with Gasteiger partial charge in [-0.2, -0.15) is 0 Å². The van der Waals surface area contributed by atoms with E-state index in [0.717, 1.165) is 52.0 Å². The molecule has 1 saturated heterocycles. The molecule has 0 bridgehead atoms. The maximum atomic E-state index is 11.9. The Kier molecular flexibility index (Phi) is 5.68. The predicted molar refractivity (Wildman–Crippen MR) is 93.2 cm³/mol. The zero-order chi connectivity index (χ0) is 16.1. The molecule has 3 rings (SSSR count). The Morgan fingerprint density at radius 3 is 2.70 bits per heavy atom. The minimum Gasteiger partial charge on any atom is -0.356 e. The number of rotatable bonds is 6. The van der Waals surface area contributed by atoms with Gasteiger partial charge >= 0.3 is 0 Å². The number of hydrogen-bond acceptors (Lipinski definition) is 3. The van der Waals surface area contributed by atoms with Crippen LogP contribution in [-0.4, -0.2) is 55.5 Å².